The van der Waals surface area contributed by atoms with E-state index in [1.165, 1.54) is 0 Å². The minimum Gasteiger partial charge on any atom is -0.410 e. The average molecular weight is 325 g/mol. The Morgan fingerprint density at radius 2 is 1.86 bits per heavy atom. The molecule has 0 saturated carbocycles. The van der Waals surface area contributed by atoms with Crippen LogP contribution in [0.1, 0.15) is 0 Å². The number of hydrogen-bond donors (Lipinski definition) is 0. The van der Waals surface area contributed by atoms with Gasteiger partial charge in [0, 0.05) is 11.1 Å². The molecule has 0 N–H and O–H groups in total. The molecule has 0 fully saturated rings. The molecule has 8 heteroatoms. The maximum Gasteiger partial charge on any atom is 0.444 e. The van der Waals surface area contributed by atoms with Gasteiger partial charge in [-0.2, -0.15) is 4.68 Å². The Morgan fingerprint density at radius 1 is 1.14 bits per heavy atom. The van der Waals surface area contributed by atoms with E-state index in [-0.39, 0.29) is 11.8 Å². The van der Waals surface area contributed by atoms with Crippen molar-refractivity contribution in [3.05, 3.63) is 69.7 Å². The first kappa shape index (κ1) is 14.3. The summed E-state index contributed by atoms with van der Waals surface area (Å²) in [5.41, 5.74) is -0.249. The molecule has 0 spiro atoms. The first-order valence-electron chi connectivity index (χ1n) is 6.02. The third kappa shape index (κ3) is 2.84. The van der Waals surface area contributed by atoms with Gasteiger partial charge < -0.3 is 9.15 Å². The van der Waals surface area contributed by atoms with Gasteiger partial charge in [0.05, 0.1) is 0 Å². The molecule has 0 aliphatic rings. The average Bonchev–Trinajstić information content (AvgIpc) is 2.82. The Balaban J connectivity index is 1.94. The second-order valence-electron chi connectivity index (χ2n) is 4.20. The number of benzene rings is 2. The zero-order valence-electron chi connectivity index (χ0n) is 10.8. The van der Waals surface area contributed by atoms with Crippen molar-refractivity contribution in [2.45, 2.75) is 0 Å². The van der Waals surface area contributed by atoms with E-state index < -0.39 is 17.4 Å². The van der Waals surface area contributed by atoms with Gasteiger partial charge in [-0.25, -0.2) is 13.6 Å². The van der Waals surface area contributed by atoms with Crippen LogP contribution in [0.5, 0.6) is 11.8 Å². The molecule has 0 unspecified atom stereocenters. The molecule has 112 valence electrons. The fraction of sp³-hybridized carbons (Fsp3) is 0. The fourth-order valence-electron chi connectivity index (χ4n) is 1.71. The van der Waals surface area contributed by atoms with Gasteiger partial charge in [0.1, 0.15) is 17.3 Å². The van der Waals surface area contributed by atoms with Crippen molar-refractivity contribution >= 4 is 11.6 Å². The molecule has 0 aliphatic heterocycles. The number of halogens is 3. The summed E-state index contributed by atoms with van der Waals surface area (Å²) in [5.74, 6) is -2.35. The number of hydrogen-bond acceptors (Lipinski definition) is 4. The molecule has 0 saturated heterocycles. The van der Waals surface area contributed by atoms with Crippen molar-refractivity contribution in [1.29, 1.82) is 0 Å². The van der Waals surface area contributed by atoms with E-state index in [4.69, 9.17) is 20.8 Å². The number of ether oxygens (including phenoxy) is 1. The Morgan fingerprint density at radius 3 is 2.55 bits per heavy atom. The monoisotopic (exact) mass is 324 g/mol. The minimum atomic E-state index is -0.963. The standard InChI is InChI=1S/C14H7ClF2N2O3/c15-8-1-4-10(5-2-8)21-13-18-19(14(20)22-13)12-6-3-9(16)7-11(12)17/h1-7H. The van der Waals surface area contributed by atoms with Crippen LogP contribution in [0.3, 0.4) is 0 Å². The summed E-state index contributed by atoms with van der Waals surface area (Å²) < 4.78 is 37.2. The molecule has 1 aromatic heterocycles. The highest BCUT2D eigenvalue weighted by Gasteiger charge is 2.15. The van der Waals surface area contributed by atoms with Gasteiger partial charge in [-0.1, -0.05) is 16.7 Å². The van der Waals surface area contributed by atoms with E-state index in [1.807, 2.05) is 0 Å². The molecule has 2 aromatic carbocycles. The van der Waals surface area contributed by atoms with Crippen molar-refractivity contribution in [3.63, 3.8) is 0 Å². The zero-order chi connectivity index (χ0) is 15.7. The molecular formula is C14H7ClF2N2O3. The van der Waals surface area contributed by atoms with E-state index in [0.717, 1.165) is 12.1 Å². The van der Waals surface area contributed by atoms with Crippen LogP contribution in [0.15, 0.2) is 51.7 Å². The highest BCUT2D eigenvalue weighted by Crippen LogP contribution is 2.21. The molecule has 0 atom stereocenters. The quantitative estimate of drug-likeness (QED) is 0.739. The summed E-state index contributed by atoms with van der Waals surface area (Å²) in [6.45, 7) is 0. The van der Waals surface area contributed by atoms with Gasteiger partial charge in [-0.05, 0) is 36.4 Å². The van der Waals surface area contributed by atoms with Crippen LogP contribution in [0.25, 0.3) is 5.69 Å². The van der Waals surface area contributed by atoms with Crippen LogP contribution in [0.4, 0.5) is 8.78 Å². The molecule has 3 rings (SSSR count). The van der Waals surface area contributed by atoms with Gasteiger partial charge in [-0.15, -0.1) is 0 Å². The van der Waals surface area contributed by atoms with Crippen molar-refractivity contribution in [2.24, 2.45) is 0 Å². The van der Waals surface area contributed by atoms with E-state index in [1.54, 1.807) is 24.3 Å². The summed E-state index contributed by atoms with van der Waals surface area (Å²) in [6.07, 6.45) is -0.379. The zero-order valence-corrected chi connectivity index (χ0v) is 11.6. The second kappa shape index (κ2) is 5.61. The van der Waals surface area contributed by atoms with Crippen LogP contribution < -0.4 is 10.5 Å². The summed E-state index contributed by atoms with van der Waals surface area (Å²) >= 11 is 5.73. The van der Waals surface area contributed by atoms with E-state index in [2.05, 4.69) is 5.10 Å². The van der Waals surface area contributed by atoms with Gasteiger partial charge in [0.25, 0.3) is 0 Å². The molecular weight excluding hydrogens is 318 g/mol. The largest absolute Gasteiger partial charge is 0.444 e. The minimum absolute atomic E-state index is 0.249. The molecule has 5 nitrogen and oxygen atoms in total. The van der Waals surface area contributed by atoms with Crippen molar-refractivity contribution < 1.29 is 17.9 Å². The predicted octanol–water partition coefficient (Wildman–Crippen LogP) is 3.55. The molecule has 0 amide bonds. The topological polar surface area (TPSA) is 57.3 Å². The lowest BCUT2D eigenvalue weighted by Crippen LogP contribution is -2.15. The fourth-order valence-corrected chi connectivity index (χ4v) is 1.84. The summed E-state index contributed by atoms with van der Waals surface area (Å²) in [4.78, 5) is 11.7. The van der Waals surface area contributed by atoms with Crippen LogP contribution in [0, 0.1) is 11.6 Å². The van der Waals surface area contributed by atoms with E-state index >= 15 is 0 Å². The molecule has 0 radical (unpaired) electrons. The Hall–Kier alpha value is -2.67. The molecule has 1 heterocycles. The first-order chi connectivity index (χ1) is 10.5. The van der Waals surface area contributed by atoms with E-state index in [0.29, 0.717) is 21.5 Å². The summed E-state index contributed by atoms with van der Waals surface area (Å²) in [5, 5.41) is 4.22. The van der Waals surface area contributed by atoms with Crippen LogP contribution in [-0.4, -0.2) is 9.78 Å². The second-order valence-corrected chi connectivity index (χ2v) is 4.63. The predicted molar refractivity (Wildman–Crippen MR) is 73.5 cm³/mol. The SMILES string of the molecule is O=c1oc(Oc2ccc(Cl)cc2)nn1-c1ccc(F)cc1F. The van der Waals surface area contributed by atoms with Gasteiger partial charge in [0.2, 0.25) is 0 Å². The van der Waals surface area contributed by atoms with Crippen LogP contribution >= 0.6 is 11.6 Å². The molecule has 22 heavy (non-hydrogen) atoms. The Bertz CT molecular complexity index is 875. The maximum absolute atomic E-state index is 13.7. The lowest BCUT2D eigenvalue weighted by atomic mass is 10.3. The lowest BCUT2D eigenvalue weighted by Gasteiger charge is -2.00. The highest BCUT2D eigenvalue weighted by molar-refractivity contribution is 6.30. The highest BCUT2D eigenvalue weighted by atomic mass is 35.5. The number of rotatable bonds is 3. The van der Waals surface area contributed by atoms with Crippen molar-refractivity contribution in [1.82, 2.24) is 9.78 Å². The third-order valence-electron chi connectivity index (χ3n) is 2.69. The van der Waals surface area contributed by atoms with Crippen LogP contribution in [0.2, 0.25) is 5.02 Å². The van der Waals surface area contributed by atoms with Gasteiger partial charge in [-0.3, -0.25) is 0 Å². The Labute approximate surface area is 127 Å². The number of nitrogens with zero attached hydrogens (tertiary/aromatic N) is 2. The van der Waals surface area contributed by atoms with Crippen molar-refractivity contribution in [2.75, 3.05) is 0 Å². The van der Waals surface area contributed by atoms with Gasteiger partial charge >= 0.3 is 11.8 Å². The Kier molecular flexibility index (Phi) is 3.64. The smallest absolute Gasteiger partial charge is 0.410 e. The van der Waals surface area contributed by atoms with Crippen LogP contribution in [-0.2, 0) is 0 Å². The first-order valence-corrected chi connectivity index (χ1v) is 6.40. The normalized spacial score (nSPS) is 10.7. The molecule has 0 bridgehead atoms. The summed E-state index contributed by atoms with van der Waals surface area (Å²) in [6, 6.07) is 8.94. The summed E-state index contributed by atoms with van der Waals surface area (Å²) in [7, 11) is 0. The van der Waals surface area contributed by atoms with Crippen molar-refractivity contribution in [3.8, 4) is 17.5 Å². The van der Waals surface area contributed by atoms with Gasteiger partial charge in [0.15, 0.2) is 5.82 Å². The molecule has 0 aliphatic carbocycles. The lowest BCUT2D eigenvalue weighted by molar-refractivity contribution is 0.320. The van der Waals surface area contributed by atoms with E-state index in [9.17, 15) is 13.6 Å². The third-order valence-corrected chi connectivity index (χ3v) is 2.94. The molecule has 3 aromatic rings. The number of aromatic nitrogens is 2. The maximum atomic E-state index is 13.7.